The molecule has 3 aromatic carbocycles. The van der Waals surface area contributed by atoms with Gasteiger partial charge in [-0.1, -0.05) is 72.3 Å². The molecule has 5 nitrogen and oxygen atoms in total. The van der Waals surface area contributed by atoms with Gasteiger partial charge in [0.25, 0.3) is 5.91 Å². The van der Waals surface area contributed by atoms with E-state index < -0.39 is 12.6 Å². The third-order valence-corrected chi connectivity index (χ3v) is 6.75. The first kappa shape index (κ1) is 29.1. The number of hydrogen-bond donors (Lipinski definition) is 1. The van der Waals surface area contributed by atoms with Gasteiger partial charge in [0.15, 0.2) is 0 Å². The van der Waals surface area contributed by atoms with Gasteiger partial charge >= 0.3 is 6.18 Å². The number of amides is 1. The van der Waals surface area contributed by atoms with Gasteiger partial charge in [-0.2, -0.15) is 13.2 Å². The zero-order valence-electron chi connectivity index (χ0n) is 22.6. The fraction of sp³-hybridized carbons (Fsp3) is 0.312. The highest BCUT2D eigenvalue weighted by Crippen LogP contribution is 2.27. The van der Waals surface area contributed by atoms with Crippen molar-refractivity contribution in [2.45, 2.75) is 45.5 Å². The van der Waals surface area contributed by atoms with Crippen molar-refractivity contribution < 1.29 is 23.1 Å². The molecule has 0 spiro atoms. The number of amidine groups is 1. The second-order valence-corrected chi connectivity index (χ2v) is 9.97. The predicted octanol–water partition coefficient (Wildman–Crippen LogP) is 6.62. The van der Waals surface area contributed by atoms with Crippen molar-refractivity contribution in [2.75, 3.05) is 19.7 Å². The van der Waals surface area contributed by atoms with E-state index in [1.807, 2.05) is 84.6 Å². The van der Waals surface area contributed by atoms with Gasteiger partial charge in [-0.25, -0.2) is 4.99 Å². The van der Waals surface area contributed by atoms with Gasteiger partial charge in [0.05, 0.1) is 12.3 Å². The van der Waals surface area contributed by atoms with E-state index in [2.05, 4.69) is 0 Å². The maximum atomic E-state index is 13.4. The molecule has 0 aliphatic carbocycles. The van der Waals surface area contributed by atoms with Crippen LogP contribution in [0.5, 0.6) is 0 Å². The summed E-state index contributed by atoms with van der Waals surface area (Å²) >= 11 is 0. The Hall–Kier alpha value is -3.91. The summed E-state index contributed by atoms with van der Waals surface area (Å²) < 4.78 is 38.7. The molecule has 0 bridgehead atoms. The fourth-order valence-electron chi connectivity index (χ4n) is 4.66. The van der Waals surface area contributed by atoms with Crippen molar-refractivity contribution >= 4 is 17.4 Å². The summed E-state index contributed by atoms with van der Waals surface area (Å²) in [4.78, 5) is 21.7. The molecule has 0 unspecified atom stereocenters. The van der Waals surface area contributed by atoms with Gasteiger partial charge < -0.3 is 14.9 Å². The Balaban J connectivity index is 1.52. The van der Waals surface area contributed by atoms with Crippen molar-refractivity contribution in [1.29, 1.82) is 0 Å². The molecule has 3 aromatic rings. The van der Waals surface area contributed by atoms with Crippen molar-refractivity contribution in [3.8, 4) is 0 Å². The van der Waals surface area contributed by atoms with Crippen LogP contribution in [0.1, 0.15) is 51.9 Å². The Morgan fingerprint density at radius 2 is 1.73 bits per heavy atom. The van der Waals surface area contributed by atoms with Crippen LogP contribution >= 0.6 is 0 Å². The lowest BCUT2D eigenvalue weighted by Gasteiger charge is -2.29. The van der Waals surface area contributed by atoms with Gasteiger partial charge in [-0.05, 0) is 48.2 Å². The quantitative estimate of drug-likeness (QED) is 0.293. The van der Waals surface area contributed by atoms with E-state index in [1.54, 1.807) is 17.0 Å². The molecule has 4 rings (SSSR count). The van der Waals surface area contributed by atoms with Crippen LogP contribution in [0.3, 0.4) is 0 Å². The SMILES string of the molecule is Cc1ccc(C2=CCN(Cc3cccc(C(=O)N(CCO)Cc4ccccc4)c3)C(CCCC(F)(F)F)=N2)cc1. The third-order valence-electron chi connectivity index (χ3n) is 6.75. The molecule has 0 saturated heterocycles. The van der Waals surface area contributed by atoms with Crippen LogP contribution in [-0.4, -0.2) is 52.5 Å². The number of halogens is 3. The van der Waals surface area contributed by atoms with Crippen LogP contribution < -0.4 is 0 Å². The summed E-state index contributed by atoms with van der Waals surface area (Å²) in [6, 6.07) is 24.8. The minimum absolute atomic E-state index is 0.0475. The highest BCUT2D eigenvalue weighted by atomic mass is 19.4. The average molecular weight is 550 g/mol. The van der Waals surface area contributed by atoms with E-state index in [0.29, 0.717) is 31.0 Å². The lowest BCUT2D eigenvalue weighted by molar-refractivity contribution is -0.135. The van der Waals surface area contributed by atoms with Gasteiger partial charge in [-0.3, -0.25) is 4.79 Å². The molecule has 1 N–H and O–H groups in total. The monoisotopic (exact) mass is 549 g/mol. The smallest absolute Gasteiger partial charge is 0.389 e. The Morgan fingerprint density at radius 3 is 2.42 bits per heavy atom. The van der Waals surface area contributed by atoms with Gasteiger partial charge in [0, 0.05) is 44.6 Å². The molecule has 0 fully saturated rings. The fourth-order valence-corrected chi connectivity index (χ4v) is 4.66. The van der Waals surface area contributed by atoms with E-state index in [4.69, 9.17) is 4.99 Å². The Labute approximate surface area is 233 Å². The topological polar surface area (TPSA) is 56.1 Å². The highest BCUT2D eigenvalue weighted by molar-refractivity contribution is 5.94. The number of carbonyl (C=O) groups excluding carboxylic acids is 1. The highest BCUT2D eigenvalue weighted by Gasteiger charge is 2.27. The number of rotatable bonds is 11. The second kappa shape index (κ2) is 13.4. The number of carbonyl (C=O) groups is 1. The Morgan fingerprint density at radius 1 is 1.00 bits per heavy atom. The van der Waals surface area contributed by atoms with Crippen LogP contribution in [0.4, 0.5) is 13.2 Å². The Kier molecular flexibility index (Phi) is 9.77. The van der Waals surface area contributed by atoms with E-state index in [-0.39, 0.29) is 31.9 Å². The third kappa shape index (κ3) is 8.29. The maximum Gasteiger partial charge on any atom is 0.389 e. The van der Waals surface area contributed by atoms with Crippen molar-refractivity contribution in [3.05, 3.63) is 113 Å². The minimum Gasteiger partial charge on any atom is -0.395 e. The van der Waals surface area contributed by atoms with Crippen LogP contribution in [0.25, 0.3) is 5.70 Å². The van der Waals surface area contributed by atoms with Gasteiger partial charge in [-0.15, -0.1) is 0 Å². The molecule has 1 aliphatic rings. The number of alkyl halides is 3. The average Bonchev–Trinajstić information content (AvgIpc) is 2.94. The first-order chi connectivity index (χ1) is 19.2. The van der Waals surface area contributed by atoms with Crippen LogP contribution in [0.2, 0.25) is 0 Å². The molecule has 210 valence electrons. The summed E-state index contributed by atoms with van der Waals surface area (Å²) in [6.45, 7) is 3.32. The molecular weight excluding hydrogens is 515 g/mol. The second-order valence-electron chi connectivity index (χ2n) is 9.97. The van der Waals surface area contributed by atoms with Crippen LogP contribution in [0, 0.1) is 6.92 Å². The van der Waals surface area contributed by atoms with E-state index in [9.17, 15) is 23.1 Å². The van der Waals surface area contributed by atoms with E-state index in [0.717, 1.165) is 28.0 Å². The van der Waals surface area contributed by atoms with Gasteiger partial charge in [0.1, 0.15) is 5.84 Å². The molecule has 0 atom stereocenters. The zero-order chi connectivity index (χ0) is 28.5. The van der Waals surface area contributed by atoms with E-state index >= 15 is 0 Å². The summed E-state index contributed by atoms with van der Waals surface area (Å²) in [5.74, 6) is 0.407. The lowest BCUT2D eigenvalue weighted by Crippen LogP contribution is -2.34. The number of hydrogen-bond acceptors (Lipinski definition) is 4. The van der Waals surface area contributed by atoms with Crippen molar-refractivity contribution in [1.82, 2.24) is 9.80 Å². The largest absolute Gasteiger partial charge is 0.395 e. The molecule has 1 aliphatic heterocycles. The molecule has 0 radical (unpaired) electrons. The van der Waals surface area contributed by atoms with E-state index in [1.165, 1.54) is 0 Å². The van der Waals surface area contributed by atoms with Crippen LogP contribution in [-0.2, 0) is 13.1 Å². The standard InChI is InChI=1S/C32H34F3N3O2/c1-24-12-14-27(15-13-24)29-16-18-37(30(36-29)11-6-17-32(33,34)35)23-26-9-5-10-28(21-26)31(40)38(19-20-39)22-25-7-3-2-4-8-25/h2-5,7-10,12-16,21,39H,6,11,17-20,22-23H2,1H3. The van der Waals surface area contributed by atoms with Crippen molar-refractivity contribution in [2.24, 2.45) is 4.99 Å². The van der Waals surface area contributed by atoms with Crippen LogP contribution in [0.15, 0.2) is 89.9 Å². The molecule has 0 saturated carbocycles. The first-order valence-corrected chi connectivity index (χ1v) is 13.4. The number of aryl methyl sites for hydroxylation is 1. The molecule has 0 aromatic heterocycles. The number of aliphatic hydroxyl groups excluding tert-OH is 1. The molecule has 8 heteroatoms. The molecule has 40 heavy (non-hydrogen) atoms. The predicted molar refractivity (Wildman–Crippen MR) is 152 cm³/mol. The lowest BCUT2D eigenvalue weighted by atomic mass is 10.1. The molecule has 1 amide bonds. The first-order valence-electron chi connectivity index (χ1n) is 13.4. The van der Waals surface area contributed by atoms with Crippen molar-refractivity contribution in [3.63, 3.8) is 0 Å². The molecular formula is C32H34F3N3O2. The number of aliphatic hydroxyl groups is 1. The summed E-state index contributed by atoms with van der Waals surface area (Å²) in [6.07, 6.45) is -2.95. The summed E-state index contributed by atoms with van der Waals surface area (Å²) in [5.41, 5.74) is 5.10. The Bertz CT molecular complexity index is 1340. The minimum atomic E-state index is -4.22. The summed E-state index contributed by atoms with van der Waals surface area (Å²) in [5, 5.41) is 9.56. The molecule has 1 heterocycles. The number of nitrogens with zero attached hydrogens (tertiary/aromatic N) is 3. The summed E-state index contributed by atoms with van der Waals surface area (Å²) in [7, 11) is 0. The van der Waals surface area contributed by atoms with Gasteiger partial charge in [0.2, 0.25) is 0 Å². The zero-order valence-corrected chi connectivity index (χ0v) is 22.6. The number of benzene rings is 3. The maximum absolute atomic E-state index is 13.4. The normalized spacial score (nSPS) is 13.6. The number of aliphatic imine (C=N–C) groups is 1.